The summed E-state index contributed by atoms with van der Waals surface area (Å²) in [6.45, 7) is 0. The molecule has 0 saturated heterocycles. The van der Waals surface area contributed by atoms with Crippen LogP contribution in [0.15, 0.2) is 25.7 Å². The average Bonchev–Trinajstić information content (AvgIpc) is 2.68. The Kier molecular flexibility index (Phi) is 2.94. The van der Waals surface area contributed by atoms with Gasteiger partial charge in [0.25, 0.3) is 0 Å². The van der Waals surface area contributed by atoms with Crippen LogP contribution >= 0.6 is 31.9 Å². The number of carboxylic acids is 1. The van der Waals surface area contributed by atoms with Crippen molar-refractivity contribution < 1.29 is 19.1 Å². The monoisotopic (exact) mass is 348 g/mol. The molecule has 0 fully saturated rings. The molecule has 2 aromatic rings. The van der Waals surface area contributed by atoms with Crippen LogP contribution in [-0.4, -0.2) is 18.2 Å². The van der Waals surface area contributed by atoms with Gasteiger partial charge in [0.15, 0.2) is 0 Å². The zero-order valence-electron chi connectivity index (χ0n) is 8.08. The smallest absolute Gasteiger partial charge is 0.339 e. The Bertz CT molecular complexity index is 574. The number of rotatable bonds is 2. The normalized spacial score (nSPS) is 10.7. The summed E-state index contributed by atoms with van der Waals surface area (Å²) in [5.41, 5.74) is 0.576. The summed E-state index contributed by atoms with van der Waals surface area (Å²) < 4.78 is 11.6. The molecule has 1 heterocycles. The van der Waals surface area contributed by atoms with Gasteiger partial charge < -0.3 is 14.3 Å². The quantitative estimate of drug-likeness (QED) is 0.898. The van der Waals surface area contributed by atoms with E-state index in [-0.39, 0.29) is 5.56 Å². The highest BCUT2D eigenvalue weighted by Gasteiger charge is 2.20. The topological polar surface area (TPSA) is 59.7 Å². The molecule has 1 aromatic carbocycles. The minimum atomic E-state index is -1.04. The van der Waals surface area contributed by atoms with Gasteiger partial charge in [0.2, 0.25) is 0 Å². The van der Waals surface area contributed by atoms with E-state index in [1.807, 2.05) is 0 Å². The van der Waals surface area contributed by atoms with Crippen LogP contribution in [0, 0.1) is 0 Å². The van der Waals surface area contributed by atoms with Gasteiger partial charge in [-0.05, 0) is 37.9 Å². The lowest BCUT2D eigenvalue weighted by Gasteiger charge is -2.05. The summed E-state index contributed by atoms with van der Waals surface area (Å²) in [5.74, 6) is -0.497. The number of methoxy groups -OCH3 is 1. The van der Waals surface area contributed by atoms with Gasteiger partial charge in [0.05, 0.1) is 21.4 Å². The summed E-state index contributed by atoms with van der Waals surface area (Å²) in [6, 6.07) is 1.71. The Balaban J connectivity index is 2.90. The van der Waals surface area contributed by atoms with Gasteiger partial charge in [-0.2, -0.15) is 0 Å². The molecule has 0 bridgehead atoms. The van der Waals surface area contributed by atoms with E-state index < -0.39 is 5.97 Å². The molecule has 2 rings (SSSR count). The van der Waals surface area contributed by atoms with Crippen molar-refractivity contribution >= 4 is 48.8 Å². The lowest BCUT2D eigenvalue weighted by molar-refractivity contribution is 0.0698. The lowest BCUT2D eigenvalue weighted by atomic mass is 10.1. The number of aromatic carboxylic acids is 1. The molecule has 16 heavy (non-hydrogen) atoms. The maximum Gasteiger partial charge on any atom is 0.339 e. The van der Waals surface area contributed by atoms with Gasteiger partial charge in [0, 0.05) is 0 Å². The fourth-order valence-corrected chi connectivity index (χ4v) is 2.59. The first-order valence-electron chi connectivity index (χ1n) is 4.22. The number of carbonyl (C=O) groups is 1. The van der Waals surface area contributed by atoms with Crippen LogP contribution in [0.5, 0.6) is 5.75 Å². The number of ether oxygens (including phenoxy) is 1. The Morgan fingerprint density at radius 1 is 1.50 bits per heavy atom. The maximum absolute atomic E-state index is 11.0. The van der Waals surface area contributed by atoms with Crippen molar-refractivity contribution in [1.29, 1.82) is 0 Å². The third-order valence-electron chi connectivity index (χ3n) is 2.15. The van der Waals surface area contributed by atoms with E-state index in [4.69, 9.17) is 14.3 Å². The molecule has 84 valence electrons. The van der Waals surface area contributed by atoms with Gasteiger partial charge in [-0.3, -0.25) is 0 Å². The number of hydrogen-bond acceptors (Lipinski definition) is 3. The number of fused-ring (bicyclic) bond motifs is 1. The van der Waals surface area contributed by atoms with E-state index in [2.05, 4.69) is 31.9 Å². The molecule has 0 aliphatic rings. The highest BCUT2D eigenvalue weighted by atomic mass is 79.9. The van der Waals surface area contributed by atoms with Crippen LogP contribution in [0.1, 0.15) is 10.4 Å². The van der Waals surface area contributed by atoms with E-state index in [1.54, 1.807) is 6.07 Å². The fourth-order valence-electron chi connectivity index (χ4n) is 1.42. The molecule has 0 aliphatic carbocycles. The summed E-state index contributed by atoms with van der Waals surface area (Å²) >= 11 is 6.60. The Hall–Kier alpha value is -1.01. The van der Waals surface area contributed by atoms with Crippen molar-refractivity contribution in [2.75, 3.05) is 7.11 Å². The van der Waals surface area contributed by atoms with Gasteiger partial charge in [0.1, 0.15) is 23.2 Å². The molecule has 0 radical (unpaired) electrons. The van der Waals surface area contributed by atoms with Crippen LogP contribution < -0.4 is 4.74 Å². The predicted molar refractivity (Wildman–Crippen MR) is 65.1 cm³/mol. The second-order valence-electron chi connectivity index (χ2n) is 3.03. The molecule has 1 aromatic heterocycles. The highest BCUT2D eigenvalue weighted by molar-refractivity contribution is 9.11. The zero-order valence-corrected chi connectivity index (χ0v) is 11.3. The van der Waals surface area contributed by atoms with Crippen LogP contribution in [0.2, 0.25) is 0 Å². The average molecular weight is 350 g/mol. The maximum atomic E-state index is 11.0. The van der Waals surface area contributed by atoms with E-state index in [9.17, 15) is 4.79 Å². The first-order chi connectivity index (χ1) is 7.56. The standard InChI is InChI=1S/C10H6Br2O4/c1-15-6-2-5(11)9-7(8(6)12)4(3-16-9)10(13)14/h2-3H,1H3,(H,13,14). The molecule has 0 saturated carbocycles. The van der Waals surface area contributed by atoms with Crippen LogP contribution in [0.25, 0.3) is 11.0 Å². The Labute approximate surface area is 107 Å². The summed E-state index contributed by atoms with van der Waals surface area (Å²) in [7, 11) is 1.51. The van der Waals surface area contributed by atoms with Crippen LogP contribution in [0.3, 0.4) is 0 Å². The van der Waals surface area contributed by atoms with Crippen molar-refractivity contribution in [3.05, 3.63) is 26.8 Å². The molecule has 1 N–H and O–H groups in total. The highest BCUT2D eigenvalue weighted by Crippen LogP contribution is 2.40. The van der Waals surface area contributed by atoms with Crippen molar-refractivity contribution in [3.8, 4) is 5.75 Å². The minimum absolute atomic E-state index is 0.0986. The number of carboxylic acid groups (broad SMARTS) is 1. The first-order valence-corrected chi connectivity index (χ1v) is 5.81. The second kappa shape index (κ2) is 4.10. The minimum Gasteiger partial charge on any atom is -0.496 e. The first kappa shape index (κ1) is 11.5. The number of hydrogen-bond donors (Lipinski definition) is 1. The van der Waals surface area contributed by atoms with Crippen molar-refractivity contribution in [3.63, 3.8) is 0 Å². The van der Waals surface area contributed by atoms with Gasteiger partial charge in [-0.25, -0.2) is 4.79 Å². The Morgan fingerprint density at radius 3 is 2.75 bits per heavy atom. The van der Waals surface area contributed by atoms with Crippen molar-refractivity contribution in [2.24, 2.45) is 0 Å². The van der Waals surface area contributed by atoms with Crippen LogP contribution in [0.4, 0.5) is 0 Å². The molecule has 0 atom stereocenters. The number of benzene rings is 1. The third-order valence-corrected chi connectivity index (χ3v) is 3.53. The summed E-state index contributed by atoms with van der Waals surface area (Å²) in [6.07, 6.45) is 1.21. The molecule has 0 unspecified atom stereocenters. The second-order valence-corrected chi connectivity index (χ2v) is 4.68. The molecule has 6 heteroatoms. The molecular formula is C10H6Br2O4. The zero-order chi connectivity index (χ0) is 11.9. The fraction of sp³-hybridized carbons (Fsp3) is 0.100. The molecule has 0 aliphatic heterocycles. The molecule has 0 spiro atoms. The largest absolute Gasteiger partial charge is 0.496 e. The van der Waals surface area contributed by atoms with Crippen molar-refractivity contribution in [2.45, 2.75) is 0 Å². The van der Waals surface area contributed by atoms with E-state index in [1.165, 1.54) is 13.4 Å². The lowest BCUT2D eigenvalue weighted by Crippen LogP contribution is -1.95. The third kappa shape index (κ3) is 1.62. The predicted octanol–water partition coefficient (Wildman–Crippen LogP) is 3.66. The van der Waals surface area contributed by atoms with Gasteiger partial charge >= 0.3 is 5.97 Å². The summed E-state index contributed by atoms with van der Waals surface area (Å²) in [4.78, 5) is 11.0. The van der Waals surface area contributed by atoms with Gasteiger partial charge in [-0.1, -0.05) is 0 Å². The van der Waals surface area contributed by atoms with Crippen molar-refractivity contribution in [1.82, 2.24) is 0 Å². The number of halogens is 2. The van der Waals surface area contributed by atoms with Crippen LogP contribution in [-0.2, 0) is 0 Å². The SMILES string of the molecule is COc1cc(Br)c2occ(C(=O)O)c2c1Br. The van der Waals surface area contributed by atoms with E-state index in [0.29, 0.717) is 25.7 Å². The Morgan fingerprint density at radius 2 is 2.19 bits per heavy atom. The number of furan rings is 1. The summed E-state index contributed by atoms with van der Waals surface area (Å²) in [5, 5.41) is 9.50. The van der Waals surface area contributed by atoms with E-state index >= 15 is 0 Å². The van der Waals surface area contributed by atoms with Gasteiger partial charge in [-0.15, -0.1) is 0 Å². The molecule has 4 nitrogen and oxygen atoms in total. The van der Waals surface area contributed by atoms with E-state index in [0.717, 1.165) is 0 Å². The molecular weight excluding hydrogens is 344 g/mol. The molecule has 0 amide bonds.